The molecule has 0 aliphatic carbocycles. The first kappa shape index (κ1) is 13.1. The molecule has 0 saturated carbocycles. The number of halogens is 3. The Morgan fingerprint density at radius 2 is 2.05 bits per heavy atom. The van der Waals surface area contributed by atoms with Gasteiger partial charge in [-0.15, -0.1) is 0 Å². The summed E-state index contributed by atoms with van der Waals surface area (Å²) in [6, 6.07) is 4.54. The third-order valence-electron chi connectivity index (χ3n) is 2.39. The Labute approximate surface area is 105 Å². The maximum absolute atomic E-state index is 13.0. The number of nitrogens with zero attached hydrogens (tertiary/aromatic N) is 3. The molecule has 2 heterocycles. The monoisotopic (exact) mass is 270 g/mol. The SMILES string of the molecule is Cc1cccc(-n2ncc(C(N)=O)c2C(F)(F)F)n1. The number of nitrogens with two attached hydrogens (primary N) is 1. The van der Waals surface area contributed by atoms with E-state index in [1.165, 1.54) is 6.07 Å². The van der Waals surface area contributed by atoms with Gasteiger partial charge < -0.3 is 5.73 Å². The standard InChI is InChI=1S/C11H9F3N4O/c1-6-3-2-4-8(17-6)18-9(11(12,13)14)7(5-16-18)10(15)19/h2-5H,1H3,(H2,15,19). The van der Waals surface area contributed by atoms with Crippen molar-refractivity contribution >= 4 is 5.91 Å². The molecule has 0 atom stereocenters. The van der Waals surface area contributed by atoms with E-state index in [0.29, 0.717) is 10.4 Å². The Bertz CT molecular complexity index is 633. The van der Waals surface area contributed by atoms with Crippen molar-refractivity contribution in [2.45, 2.75) is 13.1 Å². The van der Waals surface area contributed by atoms with Gasteiger partial charge in [-0.2, -0.15) is 18.3 Å². The van der Waals surface area contributed by atoms with E-state index in [-0.39, 0.29) is 5.82 Å². The Morgan fingerprint density at radius 3 is 2.58 bits per heavy atom. The van der Waals surface area contributed by atoms with Gasteiger partial charge in [0.2, 0.25) is 0 Å². The van der Waals surface area contributed by atoms with Gasteiger partial charge in [0, 0.05) is 5.69 Å². The predicted octanol–water partition coefficient (Wildman–Crippen LogP) is 1.69. The summed E-state index contributed by atoms with van der Waals surface area (Å²) in [6.07, 6.45) is -3.97. The lowest BCUT2D eigenvalue weighted by molar-refractivity contribution is -0.143. The first-order valence-corrected chi connectivity index (χ1v) is 5.20. The molecule has 8 heteroatoms. The fourth-order valence-corrected chi connectivity index (χ4v) is 1.62. The molecule has 2 aromatic rings. The molecule has 0 bridgehead atoms. The van der Waals surface area contributed by atoms with Crippen LogP contribution in [0.5, 0.6) is 0 Å². The Balaban J connectivity index is 2.68. The van der Waals surface area contributed by atoms with Gasteiger partial charge >= 0.3 is 6.18 Å². The maximum Gasteiger partial charge on any atom is 0.434 e. The second-order valence-corrected chi connectivity index (χ2v) is 3.82. The van der Waals surface area contributed by atoms with Crippen LogP contribution in [0, 0.1) is 6.92 Å². The highest BCUT2D eigenvalue weighted by atomic mass is 19.4. The number of carbonyl (C=O) groups is 1. The minimum absolute atomic E-state index is 0.0279. The van der Waals surface area contributed by atoms with Crippen molar-refractivity contribution in [1.29, 1.82) is 0 Å². The fourth-order valence-electron chi connectivity index (χ4n) is 1.62. The Morgan fingerprint density at radius 1 is 1.37 bits per heavy atom. The van der Waals surface area contributed by atoms with Crippen molar-refractivity contribution < 1.29 is 18.0 Å². The van der Waals surface area contributed by atoms with E-state index >= 15 is 0 Å². The third-order valence-corrected chi connectivity index (χ3v) is 2.39. The Hall–Kier alpha value is -2.38. The van der Waals surface area contributed by atoms with Crippen molar-refractivity contribution in [2.75, 3.05) is 0 Å². The molecular formula is C11H9F3N4O. The molecule has 0 saturated heterocycles. The highest BCUT2D eigenvalue weighted by molar-refractivity contribution is 5.94. The lowest BCUT2D eigenvalue weighted by Crippen LogP contribution is -2.21. The molecule has 0 spiro atoms. The smallest absolute Gasteiger partial charge is 0.365 e. The molecule has 0 aliphatic rings. The van der Waals surface area contributed by atoms with Gasteiger partial charge in [-0.3, -0.25) is 4.79 Å². The number of primary amides is 1. The number of amides is 1. The second-order valence-electron chi connectivity index (χ2n) is 3.82. The topological polar surface area (TPSA) is 73.8 Å². The van der Waals surface area contributed by atoms with Gasteiger partial charge in [0.05, 0.1) is 11.8 Å². The number of carbonyl (C=O) groups excluding carboxylic acids is 1. The molecule has 0 aromatic carbocycles. The van der Waals surface area contributed by atoms with E-state index in [0.717, 1.165) is 6.20 Å². The summed E-state index contributed by atoms with van der Waals surface area (Å²) in [5.41, 5.74) is 3.54. The summed E-state index contributed by atoms with van der Waals surface area (Å²) in [5, 5.41) is 3.55. The van der Waals surface area contributed by atoms with Gasteiger partial charge in [-0.05, 0) is 19.1 Å². The lowest BCUT2D eigenvalue weighted by atomic mass is 10.2. The van der Waals surface area contributed by atoms with Crippen LogP contribution in [-0.2, 0) is 6.18 Å². The Kier molecular flexibility index (Phi) is 3.01. The van der Waals surface area contributed by atoms with Crippen LogP contribution in [0.4, 0.5) is 13.2 Å². The molecular weight excluding hydrogens is 261 g/mol. The predicted molar refractivity (Wildman–Crippen MR) is 59.6 cm³/mol. The van der Waals surface area contributed by atoms with E-state index < -0.39 is 23.3 Å². The second kappa shape index (κ2) is 4.38. The minimum Gasteiger partial charge on any atom is -0.365 e. The molecule has 0 aliphatic heterocycles. The summed E-state index contributed by atoms with van der Waals surface area (Å²) in [6.45, 7) is 1.63. The zero-order valence-electron chi connectivity index (χ0n) is 9.77. The number of hydrogen-bond donors (Lipinski definition) is 1. The maximum atomic E-state index is 13.0. The van der Waals surface area contributed by atoms with Crippen molar-refractivity contribution in [2.24, 2.45) is 5.73 Å². The lowest BCUT2D eigenvalue weighted by Gasteiger charge is -2.11. The third kappa shape index (κ3) is 2.42. The van der Waals surface area contributed by atoms with Crippen LogP contribution in [0.1, 0.15) is 21.7 Å². The average Bonchev–Trinajstić information content (AvgIpc) is 2.73. The van der Waals surface area contributed by atoms with Gasteiger partial charge in [0.25, 0.3) is 5.91 Å². The van der Waals surface area contributed by atoms with Crippen LogP contribution in [-0.4, -0.2) is 20.7 Å². The molecule has 2 aromatic heterocycles. The highest BCUT2D eigenvalue weighted by Crippen LogP contribution is 2.33. The minimum atomic E-state index is -4.76. The van der Waals surface area contributed by atoms with E-state index in [1.807, 2.05) is 0 Å². The molecule has 0 fully saturated rings. The summed E-state index contributed by atoms with van der Waals surface area (Å²) in [7, 11) is 0. The summed E-state index contributed by atoms with van der Waals surface area (Å²) < 4.78 is 39.5. The van der Waals surface area contributed by atoms with Gasteiger partial charge in [0.1, 0.15) is 0 Å². The van der Waals surface area contributed by atoms with Gasteiger partial charge in [0.15, 0.2) is 11.5 Å². The van der Waals surface area contributed by atoms with E-state index in [4.69, 9.17) is 5.73 Å². The number of pyridine rings is 1. The molecule has 5 nitrogen and oxygen atoms in total. The first-order valence-electron chi connectivity index (χ1n) is 5.20. The van der Waals surface area contributed by atoms with Crippen molar-refractivity contribution in [3.05, 3.63) is 41.3 Å². The number of hydrogen-bond acceptors (Lipinski definition) is 3. The largest absolute Gasteiger partial charge is 0.434 e. The van der Waals surface area contributed by atoms with Crippen LogP contribution < -0.4 is 5.73 Å². The highest BCUT2D eigenvalue weighted by Gasteiger charge is 2.40. The number of aromatic nitrogens is 3. The molecule has 2 N–H and O–H groups in total. The zero-order chi connectivity index (χ0) is 14.2. The molecule has 2 rings (SSSR count). The van der Waals surface area contributed by atoms with Gasteiger partial charge in [-0.25, -0.2) is 9.67 Å². The summed E-state index contributed by atoms with van der Waals surface area (Å²) >= 11 is 0. The molecule has 1 amide bonds. The van der Waals surface area contributed by atoms with Crippen LogP contribution >= 0.6 is 0 Å². The van der Waals surface area contributed by atoms with E-state index in [9.17, 15) is 18.0 Å². The molecule has 19 heavy (non-hydrogen) atoms. The van der Waals surface area contributed by atoms with Crippen LogP contribution in [0.25, 0.3) is 5.82 Å². The van der Waals surface area contributed by atoms with Gasteiger partial charge in [-0.1, -0.05) is 6.07 Å². The number of rotatable bonds is 2. The van der Waals surface area contributed by atoms with Crippen LogP contribution in [0.2, 0.25) is 0 Å². The number of alkyl halides is 3. The number of aryl methyl sites for hydroxylation is 1. The normalized spacial score (nSPS) is 11.6. The quantitative estimate of drug-likeness (QED) is 0.902. The van der Waals surface area contributed by atoms with Crippen molar-refractivity contribution in [1.82, 2.24) is 14.8 Å². The molecule has 0 unspecified atom stereocenters. The average molecular weight is 270 g/mol. The summed E-state index contributed by atoms with van der Waals surface area (Å²) in [5.74, 6) is -1.22. The van der Waals surface area contributed by atoms with E-state index in [2.05, 4.69) is 10.1 Å². The molecule has 0 radical (unpaired) electrons. The summed E-state index contributed by atoms with van der Waals surface area (Å²) in [4.78, 5) is 15.0. The van der Waals surface area contributed by atoms with Crippen LogP contribution in [0.15, 0.2) is 24.4 Å². The fraction of sp³-hybridized carbons (Fsp3) is 0.182. The van der Waals surface area contributed by atoms with Crippen molar-refractivity contribution in [3.63, 3.8) is 0 Å². The molecule has 100 valence electrons. The van der Waals surface area contributed by atoms with E-state index in [1.54, 1.807) is 19.1 Å². The van der Waals surface area contributed by atoms with Crippen molar-refractivity contribution in [3.8, 4) is 5.82 Å². The zero-order valence-corrected chi connectivity index (χ0v) is 9.77. The van der Waals surface area contributed by atoms with Crippen LogP contribution in [0.3, 0.4) is 0 Å². The first-order chi connectivity index (χ1) is 8.80.